The molecule has 0 aliphatic carbocycles. The van der Waals surface area contributed by atoms with Crippen LogP contribution in [0, 0.1) is 11.6 Å². The van der Waals surface area contributed by atoms with Crippen molar-refractivity contribution in [3.63, 3.8) is 0 Å². The second-order valence-electron chi connectivity index (χ2n) is 4.15. The van der Waals surface area contributed by atoms with E-state index in [1.807, 2.05) is 0 Å². The lowest BCUT2D eigenvalue weighted by Gasteiger charge is -2.08. The molecule has 102 valence electrons. The first-order chi connectivity index (χ1) is 9.67. The lowest BCUT2D eigenvalue weighted by Crippen LogP contribution is -1.94. The molecule has 0 fully saturated rings. The summed E-state index contributed by atoms with van der Waals surface area (Å²) in [7, 11) is 0. The fourth-order valence-corrected chi connectivity index (χ4v) is 1.79. The Kier molecular flexibility index (Phi) is 4.31. The fourth-order valence-electron chi connectivity index (χ4n) is 1.79. The standard InChI is InChI=1S/C17H14F2O/c1-3-11-20-15-10-9-14(16(18)17(15)19)13-7-5-12(4-2)6-8-13/h3-11H,2H2,1H3/b11-3+. The summed E-state index contributed by atoms with van der Waals surface area (Å²) in [6, 6.07) is 9.95. The van der Waals surface area contributed by atoms with Crippen molar-refractivity contribution >= 4 is 6.08 Å². The molecule has 1 nitrogen and oxygen atoms in total. The predicted molar refractivity (Wildman–Crippen MR) is 77.3 cm³/mol. The Balaban J connectivity index is 2.41. The van der Waals surface area contributed by atoms with Gasteiger partial charge in [0.2, 0.25) is 5.82 Å². The molecule has 0 aliphatic heterocycles. The molecule has 2 rings (SSSR count). The van der Waals surface area contributed by atoms with Gasteiger partial charge in [0.25, 0.3) is 0 Å². The SMILES string of the molecule is C=Cc1ccc(-c2ccc(O/C=C/C)c(F)c2F)cc1. The highest BCUT2D eigenvalue weighted by atomic mass is 19.2. The van der Waals surface area contributed by atoms with Gasteiger partial charge < -0.3 is 4.74 Å². The van der Waals surface area contributed by atoms with Crippen LogP contribution in [0.3, 0.4) is 0 Å². The highest BCUT2D eigenvalue weighted by molar-refractivity contribution is 5.67. The minimum Gasteiger partial charge on any atom is -0.462 e. The minimum absolute atomic E-state index is 0.132. The van der Waals surface area contributed by atoms with Crippen molar-refractivity contribution in [3.05, 3.63) is 72.5 Å². The van der Waals surface area contributed by atoms with Crippen LogP contribution in [0.1, 0.15) is 12.5 Å². The molecule has 2 aromatic carbocycles. The topological polar surface area (TPSA) is 9.23 Å². The summed E-state index contributed by atoms with van der Waals surface area (Å²) in [4.78, 5) is 0. The van der Waals surface area contributed by atoms with Gasteiger partial charge >= 0.3 is 0 Å². The van der Waals surface area contributed by atoms with Crippen LogP contribution in [-0.2, 0) is 0 Å². The Morgan fingerprint density at radius 2 is 1.70 bits per heavy atom. The third kappa shape index (κ3) is 2.77. The number of rotatable bonds is 4. The van der Waals surface area contributed by atoms with E-state index >= 15 is 0 Å². The Morgan fingerprint density at radius 3 is 2.30 bits per heavy atom. The molecule has 0 bridgehead atoms. The zero-order valence-electron chi connectivity index (χ0n) is 11.1. The molecule has 0 N–H and O–H groups in total. The first kappa shape index (κ1) is 14.0. The lowest BCUT2D eigenvalue weighted by atomic mass is 10.0. The summed E-state index contributed by atoms with van der Waals surface area (Å²) < 4.78 is 32.9. The van der Waals surface area contributed by atoms with Gasteiger partial charge in [-0.3, -0.25) is 0 Å². The highest BCUT2D eigenvalue weighted by Gasteiger charge is 2.15. The largest absolute Gasteiger partial charge is 0.462 e. The molecule has 3 heteroatoms. The molecule has 0 atom stereocenters. The maximum Gasteiger partial charge on any atom is 0.201 e. The Morgan fingerprint density at radius 1 is 1.00 bits per heavy atom. The van der Waals surface area contributed by atoms with Crippen molar-refractivity contribution in [1.82, 2.24) is 0 Å². The maximum absolute atomic E-state index is 14.1. The van der Waals surface area contributed by atoms with Gasteiger partial charge in [-0.2, -0.15) is 4.39 Å². The van der Waals surface area contributed by atoms with Crippen LogP contribution in [0.2, 0.25) is 0 Å². The lowest BCUT2D eigenvalue weighted by molar-refractivity contribution is 0.415. The van der Waals surface area contributed by atoms with Crippen LogP contribution >= 0.6 is 0 Å². The second kappa shape index (κ2) is 6.15. The number of hydrogen-bond acceptors (Lipinski definition) is 1. The molecule has 0 radical (unpaired) electrons. The number of benzene rings is 2. The van der Waals surface area contributed by atoms with E-state index < -0.39 is 11.6 Å². The van der Waals surface area contributed by atoms with Crippen molar-refractivity contribution in [2.75, 3.05) is 0 Å². The van der Waals surface area contributed by atoms with Gasteiger partial charge in [-0.15, -0.1) is 0 Å². The Labute approximate surface area is 116 Å². The highest BCUT2D eigenvalue weighted by Crippen LogP contribution is 2.30. The van der Waals surface area contributed by atoms with E-state index in [0.717, 1.165) is 5.56 Å². The average molecular weight is 272 g/mol. The molecule has 0 spiro atoms. The van der Waals surface area contributed by atoms with Crippen LogP contribution in [0.25, 0.3) is 17.2 Å². The number of ether oxygens (including phenoxy) is 1. The van der Waals surface area contributed by atoms with Crippen LogP contribution in [0.5, 0.6) is 5.75 Å². The van der Waals surface area contributed by atoms with Gasteiger partial charge in [-0.25, -0.2) is 4.39 Å². The van der Waals surface area contributed by atoms with Crippen molar-refractivity contribution in [3.8, 4) is 16.9 Å². The van der Waals surface area contributed by atoms with E-state index in [1.54, 1.807) is 43.3 Å². The van der Waals surface area contributed by atoms with Crippen molar-refractivity contribution in [2.24, 2.45) is 0 Å². The molecule has 0 amide bonds. The van der Waals surface area contributed by atoms with Crippen molar-refractivity contribution < 1.29 is 13.5 Å². The number of halogens is 2. The van der Waals surface area contributed by atoms with Crippen molar-refractivity contribution in [2.45, 2.75) is 6.92 Å². The molecule has 0 saturated heterocycles. The first-order valence-electron chi connectivity index (χ1n) is 6.16. The summed E-state index contributed by atoms with van der Waals surface area (Å²) in [6.07, 6.45) is 4.59. The van der Waals surface area contributed by atoms with Crippen LogP contribution in [0.4, 0.5) is 8.78 Å². The fraction of sp³-hybridized carbons (Fsp3) is 0.0588. The van der Waals surface area contributed by atoms with Gasteiger partial charge in [0.1, 0.15) is 0 Å². The van der Waals surface area contributed by atoms with E-state index in [9.17, 15) is 8.78 Å². The molecular weight excluding hydrogens is 258 g/mol. The number of hydrogen-bond donors (Lipinski definition) is 0. The number of allylic oxidation sites excluding steroid dienone is 1. The van der Waals surface area contributed by atoms with E-state index in [2.05, 4.69) is 6.58 Å². The molecule has 0 saturated carbocycles. The normalized spacial score (nSPS) is 10.8. The first-order valence-corrected chi connectivity index (χ1v) is 6.16. The smallest absolute Gasteiger partial charge is 0.201 e. The summed E-state index contributed by atoms with van der Waals surface area (Å²) in [6.45, 7) is 5.37. The Hall–Kier alpha value is -2.42. The van der Waals surface area contributed by atoms with Crippen LogP contribution in [0.15, 0.2) is 55.3 Å². The molecule has 0 heterocycles. The third-order valence-corrected chi connectivity index (χ3v) is 2.84. The average Bonchev–Trinajstić information content (AvgIpc) is 2.49. The van der Waals surface area contributed by atoms with Crippen LogP contribution < -0.4 is 4.74 Å². The molecule has 0 unspecified atom stereocenters. The molecule has 2 aromatic rings. The van der Waals surface area contributed by atoms with E-state index in [4.69, 9.17) is 4.74 Å². The maximum atomic E-state index is 14.1. The summed E-state index contributed by atoms with van der Waals surface area (Å²) in [5.74, 6) is -2.04. The summed E-state index contributed by atoms with van der Waals surface area (Å²) >= 11 is 0. The predicted octanol–water partition coefficient (Wildman–Crippen LogP) is 5.19. The second-order valence-corrected chi connectivity index (χ2v) is 4.15. The zero-order chi connectivity index (χ0) is 14.5. The monoisotopic (exact) mass is 272 g/mol. The van der Waals surface area contributed by atoms with E-state index in [-0.39, 0.29) is 11.3 Å². The minimum atomic E-state index is -0.992. The third-order valence-electron chi connectivity index (χ3n) is 2.84. The van der Waals surface area contributed by atoms with Gasteiger partial charge in [0.05, 0.1) is 6.26 Å². The quantitative estimate of drug-likeness (QED) is 0.696. The van der Waals surface area contributed by atoms with Crippen LogP contribution in [-0.4, -0.2) is 0 Å². The van der Waals surface area contributed by atoms with E-state index in [0.29, 0.717) is 5.56 Å². The van der Waals surface area contributed by atoms with Gasteiger partial charge in [0, 0.05) is 5.56 Å². The molecule has 0 aliphatic rings. The van der Waals surface area contributed by atoms with Gasteiger partial charge in [-0.1, -0.05) is 43.0 Å². The summed E-state index contributed by atoms with van der Waals surface area (Å²) in [5.41, 5.74) is 1.72. The molecule has 20 heavy (non-hydrogen) atoms. The van der Waals surface area contributed by atoms with Crippen molar-refractivity contribution in [1.29, 1.82) is 0 Å². The summed E-state index contributed by atoms with van der Waals surface area (Å²) in [5, 5.41) is 0. The van der Waals surface area contributed by atoms with Gasteiger partial charge in [-0.05, 0) is 30.2 Å². The van der Waals surface area contributed by atoms with Gasteiger partial charge in [0.15, 0.2) is 11.6 Å². The van der Waals surface area contributed by atoms with E-state index in [1.165, 1.54) is 18.4 Å². The molecular formula is C17H14F2O. The molecule has 0 aromatic heterocycles. The Bertz CT molecular complexity index is 643. The zero-order valence-corrected chi connectivity index (χ0v) is 11.1.